The molecule has 1 aliphatic carbocycles. The minimum atomic E-state index is -4.48. The average molecular weight is 239 g/mol. The van der Waals surface area contributed by atoms with Gasteiger partial charge in [-0.3, -0.25) is 9.69 Å². The van der Waals surface area contributed by atoms with Crippen molar-refractivity contribution in [2.24, 2.45) is 11.8 Å². The largest absolute Gasteiger partial charge is 0.481 e. The smallest absolute Gasteiger partial charge is 0.404 e. The van der Waals surface area contributed by atoms with Crippen molar-refractivity contribution in [3.63, 3.8) is 0 Å². The third-order valence-corrected chi connectivity index (χ3v) is 3.08. The second-order valence-corrected chi connectivity index (χ2v) is 4.57. The van der Waals surface area contributed by atoms with Gasteiger partial charge in [-0.2, -0.15) is 13.2 Å². The summed E-state index contributed by atoms with van der Waals surface area (Å²) in [7, 11) is 1.34. The molecule has 3 nitrogen and oxygen atoms in total. The SMILES string of the molecule is CC1CC1CN(C)C(CC(=O)O)C(F)(F)F. The van der Waals surface area contributed by atoms with Crippen molar-refractivity contribution in [2.75, 3.05) is 13.6 Å². The molecule has 1 aliphatic rings. The van der Waals surface area contributed by atoms with E-state index >= 15 is 0 Å². The van der Waals surface area contributed by atoms with Crippen molar-refractivity contribution in [3.8, 4) is 0 Å². The summed E-state index contributed by atoms with van der Waals surface area (Å²) in [6.07, 6.45) is -4.44. The van der Waals surface area contributed by atoms with Crippen LogP contribution in [-0.4, -0.2) is 41.8 Å². The lowest BCUT2D eigenvalue weighted by molar-refractivity contribution is -0.188. The molecule has 0 spiro atoms. The van der Waals surface area contributed by atoms with Gasteiger partial charge >= 0.3 is 12.1 Å². The fourth-order valence-electron chi connectivity index (χ4n) is 1.84. The number of nitrogens with zero attached hydrogens (tertiary/aromatic N) is 1. The van der Waals surface area contributed by atoms with E-state index in [9.17, 15) is 18.0 Å². The number of hydrogen-bond acceptors (Lipinski definition) is 2. The Labute approximate surface area is 92.2 Å². The molecule has 0 saturated heterocycles. The molecule has 6 heteroatoms. The number of alkyl halides is 3. The molecule has 16 heavy (non-hydrogen) atoms. The Morgan fingerprint density at radius 3 is 2.38 bits per heavy atom. The fourth-order valence-corrected chi connectivity index (χ4v) is 1.84. The van der Waals surface area contributed by atoms with Crippen LogP contribution in [0.5, 0.6) is 0 Å². The van der Waals surface area contributed by atoms with Gasteiger partial charge in [-0.1, -0.05) is 6.92 Å². The highest BCUT2D eigenvalue weighted by molar-refractivity contribution is 5.67. The number of carboxylic acid groups (broad SMARTS) is 1. The first-order valence-electron chi connectivity index (χ1n) is 5.20. The van der Waals surface area contributed by atoms with E-state index in [2.05, 4.69) is 0 Å². The van der Waals surface area contributed by atoms with Crippen LogP contribution < -0.4 is 0 Å². The molecule has 0 aromatic carbocycles. The molecule has 1 rings (SSSR count). The third kappa shape index (κ3) is 3.66. The third-order valence-electron chi connectivity index (χ3n) is 3.08. The minimum Gasteiger partial charge on any atom is -0.481 e. The standard InChI is InChI=1S/C10H16F3NO2/c1-6-3-7(6)5-14(2)8(4-9(15)16)10(11,12)13/h6-8H,3-5H2,1-2H3,(H,15,16). The van der Waals surface area contributed by atoms with Crippen LogP contribution in [0, 0.1) is 11.8 Å². The van der Waals surface area contributed by atoms with Crippen LogP contribution in [0.25, 0.3) is 0 Å². The van der Waals surface area contributed by atoms with Crippen LogP contribution in [0.2, 0.25) is 0 Å². The molecule has 0 amide bonds. The first kappa shape index (κ1) is 13.3. The summed E-state index contributed by atoms with van der Waals surface area (Å²) in [5, 5.41) is 8.47. The summed E-state index contributed by atoms with van der Waals surface area (Å²) >= 11 is 0. The zero-order valence-electron chi connectivity index (χ0n) is 9.29. The van der Waals surface area contributed by atoms with Crippen molar-refractivity contribution < 1.29 is 23.1 Å². The molecule has 0 aromatic heterocycles. The molecule has 0 bridgehead atoms. The molecular weight excluding hydrogens is 223 g/mol. The Bertz CT molecular complexity index is 267. The van der Waals surface area contributed by atoms with Gasteiger partial charge in [0.1, 0.15) is 6.04 Å². The summed E-state index contributed by atoms with van der Waals surface area (Å²) in [5.74, 6) is -0.678. The number of carboxylic acids is 1. The van der Waals surface area contributed by atoms with Crippen LogP contribution in [0.4, 0.5) is 13.2 Å². The molecule has 94 valence electrons. The van der Waals surface area contributed by atoms with Gasteiger partial charge in [-0.05, 0) is 25.3 Å². The van der Waals surface area contributed by atoms with Gasteiger partial charge < -0.3 is 5.11 Å². The normalized spacial score (nSPS) is 26.9. The van der Waals surface area contributed by atoms with E-state index in [-0.39, 0.29) is 5.92 Å². The van der Waals surface area contributed by atoms with E-state index in [0.717, 1.165) is 11.3 Å². The highest BCUT2D eigenvalue weighted by Gasteiger charge is 2.45. The maximum atomic E-state index is 12.6. The van der Waals surface area contributed by atoms with E-state index in [0.29, 0.717) is 12.5 Å². The average Bonchev–Trinajstić information content (AvgIpc) is 2.75. The molecule has 0 aromatic rings. The number of aliphatic carboxylic acids is 1. The van der Waals surface area contributed by atoms with Crippen LogP contribution >= 0.6 is 0 Å². The topological polar surface area (TPSA) is 40.5 Å². The van der Waals surface area contributed by atoms with E-state index in [1.165, 1.54) is 7.05 Å². The van der Waals surface area contributed by atoms with Crippen molar-refractivity contribution in [1.29, 1.82) is 0 Å². The van der Waals surface area contributed by atoms with E-state index < -0.39 is 24.6 Å². The Hall–Kier alpha value is -0.780. The number of halogens is 3. The number of rotatable bonds is 5. The van der Waals surface area contributed by atoms with Crippen molar-refractivity contribution in [1.82, 2.24) is 4.90 Å². The lowest BCUT2D eigenvalue weighted by Crippen LogP contribution is -2.45. The molecule has 0 aliphatic heterocycles. The Morgan fingerprint density at radius 2 is 2.06 bits per heavy atom. The number of hydrogen-bond donors (Lipinski definition) is 1. The van der Waals surface area contributed by atoms with Gasteiger partial charge in [-0.15, -0.1) is 0 Å². The first-order chi connectivity index (χ1) is 7.21. The Balaban J connectivity index is 2.56. The molecule has 3 unspecified atom stereocenters. The van der Waals surface area contributed by atoms with Gasteiger partial charge in [0.05, 0.1) is 6.42 Å². The summed E-state index contributed by atoms with van der Waals surface area (Å²) in [4.78, 5) is 11.5. The maximum Gasteiger partial charge on any atom is 0.404 e. The molecular formula is C10H16F3NO2. The lowest BCUT2D eigenvalue weighted by atomic mass is 10.1. The van der Waals surface area contributed by atoms with Crippen molar-refractivity contribution in [2.45, 2.75) is 32.0 Å². The van der Waals surface area contributed by atoms with Crippen molar-refractivity contribution in [3.05, 3.63) is 0 Å². The van der Waals surface area contributed by atoms with E-state index in [4.69, 9.17) is 5.11 Å². The maximum absolute atomic E-state index is 12.6. The zero-order chi connectivity index (χ0) is 12.5. The quantitative estimate of drug-likeness (QED) is 0.797. The van der Waals surface area contributed by atoms with Crippen molar-refractivity contribution >= 4 is 5.97 Å². The molecule has 0 heterocycles. The van der Waals surface area contributed by atoms with Gasteiger partial charge in [0.2, 0.25) is 0 Å². The summed E-state index contributed by atoms with van der Waals surface area (Å²) in [6.45, 7) is 2.30. The van der Waals surface area contributed by atoms with E-state index in [1.54, 1.807) is 0 Å². The molecule has 0 radical (unpaired) electrons. The van der Waals surface area contributed by atoms with Gasteiger partial charge in [0.15, 0.2) is 0 Å². The van der Waals surface area contributed by atoms with Crippen LogP contribution in [0.3, 0.4) is 0 Å². The molecule has 1 saturated carbocycles. The highest BCUT2D eigenvalue weighted by atomic mass is 19.4. The predicted molar refractivity (Wildman–Crippen MR) is 52.0 cm³/mol. The van der Waals surface area contributed by atoms with Gasteiger partial charge in [-0.25, -0.2) is 0 Å². The summed E-state index contributed by atoms with van der Waals surface area (Å²) in [6, 6.07) is -1.88. The van der Waals surface area contributed by atoms with Crippen LogP contribution in [0.15, 0.2) is 0 Å². The van der Waals surface area contributed by atoms with Gasteiger partial charge in [0.25, 0.3) is 0 Å². The minimum absolute atomic E-state index is 0.281. The van der Waals surface area contributed by atoms with Crippen LogP contribution in [0.1, 0.15) is 19.8 Å². The second-order valence-electron chi connectivity index (χ2n) is 4.57. The van der Waals surface area contributed by atoms with Gasteiger partial charge in [0, 0.05) is 6.54 Å². The molecule has 1 fully saturated rings. The summed E-state index contributed by atoms with van der Waals surface area (Å²) in [5.41, 5.74) is 0. The molecule has 3 atom stereocenters. The Morgan fingerprint density at radius 1 is 1.56 bits per heavy atom. The monoisotopic (exact) mass is 239 g/mol. The predicted octanol–water partition coefficient (Wildman–Crippen LogP) is 1.98. The second kappa shape index (κ2) is 4.61. The van der Waals surface area contributed by atoms with E-state index in [1.807, 2.05) is 6.92 Å². The zero-order valence-corrected chi connectivity index (χ0v) is 9.29. The fraction of sp³-hybridized carbons (Fsp3) is 0.900. The summed E-state index contributed by atoms with van der Waals surface area (Å²) < 4.78 is 37.8. The highest BCUT2D eigenvalue weighted by Crippen LogP contribution is 2.39. The number of carbonyl (C=O) groups is 1. The first-order valence-corrected chi connectivity index (χ1v) is 5.20. The molecule has 1 N–H and O–H groups in total. The lowest BCUT2D eigenvalue weighted by Gasteiger charge is -2.28. The van der Waals surface area contributed by atoms with Crippen LogP contribution in [-0.2, 0) is 4.79 Å². The Kier molecular flexibility index (Phi) is 3.83.